The Bertz CT molecular complexity index is 442. The molecule has 4 heteroatoms. The fourth-order valence-electron chi connectivity index (χ4n) is 3.60. The van der Waals surface area contributed by atoms with Gasteiger partial charge in [0.25, 0.3) is 0 Å². The highest BCUT2D eigenvalue weighted by molar-refractivity contribution is 9.10. The molecule has 0 fully saturated rings. The van der Waals surface area contributed by atoms with E-state index in [9.17, 15) is 4.39 Å². The number of hydrogen-bond donors (Lipinski definition) is 1. The van der Waals surface area contributed by atoms with Crippen molar-refractivity contribution >= 4 is 15.9 Å². The maximum Gasteiger partial charge on any atom is 0.142 e. The van der Waals surface area contributed by atoms with E-state index in [1.165, 1.54) is 0 Å². The lowest BCUT2D eigenvalue weighted by molar-refractivity contribution is 0.0502. The standard InChI is InChI=1S/C17H28BrFN2/c1-6-17(7-2,21(8-3)9-4)16(20-5)13-11-10-12-14(18)15(13)19/h10-12,16,20H,6-9H2,1-5H3. The van der Waals surface area contributed by atoms with Crippen LogP contribution in [0.1, 0.15) is 52.1 Å². The average molecular weight is 359 g/mol. The minimum absolute atomic E-state index is 0.0371. The zero-order valence-electron chi connectivity index (χ0n) is 13.8. The summed E-state index contributed by atoms with van der Waals surface area (Å²) in [4.78, 5) is 2.45. The van der Waals surface area contributed by atoms with Crippen LogP contribution in [-0.2, 0) is 0 Å². The first-order chi connectivity index (χ1) is 10.0. The van der Waals surface area contributed by atoms with Crippen LogP contribution in [0.5, 0.6) is 0 Å². The van der Waals surface area contributed by atoms with Gasteiger partial charge in [0.1, 0.15) is 5.82 Å². The van der Waals surface area contributed by atoms with Crippen LogP contribution >= 0.6 is 15.9 Å². The van der Waals surface area contributed by atoms with Gasteiger partial charge in [0.2, 0.25) is 0 Å². The van der Waals surface area contributed by atoms with Crippen molar-refractivity contribution in [1.29, 1.82) is 0 Å². The molecule has 0 aromatic heterocycles. The van der Waals surface area contributed by atoms with Gasteiger partial charge < -0.3 is 5.32 Å². The highest BCUT2D eigenvalue weighted by Gasteiger charge is 2.41. The molecule has 1 rings (SSSR count). The molecule has 1 N–H and O–H groups in total. The molecule has 1 aromatic carbocycles. The Morgan fingerprint density at radius 1 is 1.19 bits per heavy atom. The first-order valence-corrected chi connectivity index (χ1v) is 8.67. The zero-order chi connectivity index (χ0) is 16.0. The van der Waals surface area contributed by atoms with Gasteiger partial charge in [-0.15, -0.1) is 0 Å². The second-order valence-electron chi connectivity index (χ2n) is 5.35. The van der Waals surface area contributed by atoms with Gasteiger partial charge >= 0.3 is 0 Å². The van der Waals surface area contributed by atoms with E-state index >= 15 is 0 Å². The average Bonchev–Trinajstić information content (AvgIpc) is 2.51. The van der Waals surface area contributed by atoms with E-state index in [-0.39, 0.29) is 17.4 Å². The maximum absolute atomic E-state index is 14.6. The van der Waals surface area contributed by atoms with E-state index < -0.39 is 0 Å². The van der Waals surface area contributed by atoms with Crippen molar-refractivity contribution < 1.29 is 4.39 Å². The first-order valence-electron chi connectivity index (χ1n) is 7.88. The highest BCUT2D eigenvalue weighted by atomic mass is 79.9. The smallest absolute Gasteiger partial charge is 0.142 e. The Kier molecular flexibility index (Phi) is 7.31. The molecule has 21 heavy (non-hydrogen) atoms. The molecule has 0 radical (unpaired) electrons. The van der Waals surface area contributed by atoms with Crippen LogP contribution in [0.3, 0.4) is 0 Å². The summed E-state index contributed by atoms with van der Waals surface area (Å²) in [5, 5.41) is 3.38. The molecule has 0 amide bonds. The summed E-state index contributed by atoms with van der Waals surface area (Å²) in [6.45, 7) is 10.7. The van der Waals surface area contributed by atoms with E-state index in [0.717, 1.165) is 31.5 Å². The Morgan fingerprint density at radius 3 is 2.19 bits per heavy atom. The lowest BCUT2D eigenvalue weighted by atomic mass is 9.79. The van der Waals surface area contributed by atoms with Crippen LogP contribution in [0.4, 0.5) is 4.39 Å². The number of benzene rings is 1. The van der Waals surface area contributed by atoms with Gasteiger partial charge in [0.15, 0.2) is 0 Å². The topological polar surface area (TPSA) is 15.3 Å². The summed E-state index contributed by atoms with van der Waals surface area (Å²) in [7, 11) is 1.93. The van der Waals surface area contributed by atoms with Gasteiger partial charge in [-0.05, 0) is 55.0 Å². The molecule has 0 heterocycles. The third-order valence-corrected chi connectivity index (χ3v) is 5.35. The molecule has 2 nitrogen and oxygen atoms in total. The van der Waals surface area contributed by atoms with Crippen molar-refractivity contribution in [2.45, 2.75) is 52.1 Å². The second kappa shape index (κ2) is 8.25. The summed E-state index contributed by atoms with van der Waals surface area (Å²) in [6.07, 6.45) is 1.95. The van der Waals surface area contributed by atoms with Gasteiger partial charge in [0.05, 0.1) is 10.5 Å². The quantitative estimate of drug-likeness (QED) is 0.721. The number of likely N-dealkylation sites (N-methyl/N-ethyl adjacent to an activating group) is 2. The van der Waals surface area contributed by atoms with Crippen LogP contribution in [-0.4, -0.2) is 30.6 Å². The van der Waals surface area contributed by atoms with E-state index in [2.05, 4.69) is 53.8 Å². The molecule has 0 aliphatic carbocycles. The van der Waals surface area contributed by atoms with E-state index in [1.807, 2.05) is 19.2 Å². The van der Waals surface area contributed by atoms with Gasteiger partial charge in [-0.3, -0.25) is 4.90 Å². The third-order valence-electron chi connectivity index (χ3n) is 4.74. The van der Waals surface area contributed by atoms with Crippen LogP contribution in [0.2, 0.25) is 0 Å². The van der Waals surface area contributed by atoms with Crippen LogP contribution in [0.15, 0.2) is 22.7 Å². The van der Waals surface area contributed by atoms with Gasteiger partial charge in [-0.2, -0.15) is 0 Å². The summed E-state index contributed by atoms with van der Waals surface area (Å²) >= 11 is 3.31. The summed E-state index contributed by atoms with van der Waals surface area (Å²) in [5.74, 6) is -0.157. The molecular weight excluding hydrogens is 331 g/mol. The fraction of sp³-hybridized carbons (Fsp3) is 0.647. The lowest BCUT2D eigenvalue weighted by Gasteiger charge is -2.48. The van der Waals surface area contributed by atoms with Crippen molar-refractivity contribution in [3.05, 3.63) is 34.1 Å². The first kappa shape index (κ1) is 18.6. The van der Waals surface area contributed by atoms with Crippen LogP contribution < -0.4 is 5.32 Å². The molecule has 1 aromatic rings. The van der Waals surface area contributed by atoms with E-state index in [4.69, 9.17) is 0 Å². The van der Waals surface area contributed by atoms with Crippen molar-refractivity contribution in [2.24, 2.45) is 0 Å². The Hall–Kier alpha value is -0.450. The van der Waals surface area contributed by atoms with Crippen molar-refractivity contribution in [1.82, 2.24) is 10.2 Å². The van der Waals surface area contributed by atoms with Crippen molar-refractivity contribution in [3.63, 3.8) is 0 Å². The number of halogens is 2. The minimum Gasteiger partial charge on any atom is -0.311 e. The Balaban J connectivity index is 3.41. The molecule has 0 saturated heterocycles. The van der Waals surface area contributed by atoms with Gasteiger partial charge in [-0.25, -0.2) is 4.39 Å². The SMILES string of the molecule is CCN(CC)C(CC)(CC)C(NC)c1cccc(Br)c1F. The molecule has 1 unspecified atom stereocenters. The van der Waals surface area contributed by atoms with Gasteiger partial charge in [-0.1, -0.05) is 39.8 Å². The monoisotopic (exact) mass is 358 g/mol. The highest BCUT2D eigenvalue weighted by Crippen LogP contribution is 2.39. The maximum atomic E-state index is 14.6. The molecule has 0 aliphatic heterocycles. The molecule has 120 valence electrons. The number of nitrogens with zero attached hydrogens (tertiary/aromatic N) is 1. The number of hydrogen-bond acceptors (Lipinski definition) is 2. The normalized spacial score (nSPS) is 13.7. The van der Waals surface area contributed by atoms with Crippen molar-refractivity contribution in [2.75, 3.05) is 20.1 Å². The fourth-order valence-corrected chi connectivity index (χ4v) is 3.98. The predicted molar refractivity (Wildman–Crippen MR) is 92.1 cm³/mol. The van der Waals surface area contributed by atoms with Crippen LogP contribution in [0.25, 0.3) is 0 Å². The van der Waals surface area contributed by atoms with Gasteiger partial charge in [0, 0.05) is 11.1 Å². The number of nitrogens with one attached hydrogen (secondary N) is 1. The largest absolute Gasteiger partial charge is 0.311 e. The summed E-state index contributed by atoms with van der Waals surface area (Å²) in [6, 6.07) is 5.52. The third kappa shape index (κ3) is 3.49. The molecule has 1 atom stereocenters. The molecule has 0 saturated carbocycles. The molecule has 0 spiro atoms. The molecular formula is C17H28BrFN2. The van der Waals surface area contributed by atoms with Crippen molar-refractivity contribution in [3.8, 4) is 0 Å². The summed E-state index contributed by atoms with van der Waals surface area (Å²) < 4.78 is 15.1. The van der Waals surface area contributed by atoms with E-state index in [1.54, 1.807) is 6.07 Å². The minimum atomic E-state index is -0.157. The molecule has 0 bridgehead atoms. The Morgan fingerprint density at radius 2 is 1.76 bits per heavy atom. The Labute approximate surface area is 137 Å². The second-order valence-corrected chi connectivity index (χ2v) is 6.20. The molecule has 0 aliphatic rings. The predicted octanol–water partition coefficient (Wildman–Crippen LogP) is 4.75. The number of rotatable bonds is 8. The summed E-state index contributed by atoms with van der Waals surface area (Å²) in [5.41, 5.74) is 0.655. The lowest BCUT2D eigenvalue weighted by Crippen LogP contribution is -2.55. The van der Waals surface area contributed by atoms with Crippen LogP contribution in [0, 0.1) is 5.82 Å². The zero-order valence-corrected chi connectivity index (χ0v) is 15.4. The van der Waals surface area contributed by atoms with E-state index in [0.29, 0.717) is 4.47 Å².